The van der Waals surface area contributed by atoms with E-state index in [4.69, 9.17) is 9.47 Å². The maximum Gasteiger partial charge on any atom is 0.169 e. The van der Waals surface area contributed by atoms with Crippen molar-refractivity contribution < 1.29 is 31.6 Å². The van der Waals surface area contributed by atoms with Crippen LogP contribution in [0.15, 0.2) is 127 Å². The van der Waals surface area contributed by atoms with Crippen molar-refractivity contribution in [2.75, 3.05) is 13.2 Å². The molecule has 0 aliphatic rings. The van der Waals surface area contributed by atoms with Gasteiger partial charge in [0.15, 0.2) is 24.8 Å². The lowest BCUT2D eigenvalue weighted by atomic mass is 10.1. The first kappa shape index (κ1) is 50.6. The van der Waals surface area contributed by atoms with Crippen molar-refractivity contribution >= 4 is 34.4 Å². The monoisotopic (exact) mass is 874 g/mol. The van der Waals surface area contributed by atoms with Crippen molar-refractivity contribution in [2.45, 2.75) is 141 Å². The number of pyridine rings is 2. The molecule has 0 spiro atoms. The lowest BCUT2D eigenvalue weighted by molar-refractivity contribution is -0.697. The summed E-state index contributed by atoms with van der Waals surface area (Å²) in [5.74, 6) is 1.93. The van der Waals surface area contributed by atoms with Gasteiger partial charge in [-0.1, -0.05) is 144 Å². The van der Waals surface area contributed by atoms with Crippen molar-refractivity contribution in [3.63, 3.8) is 0 Å². The molecule has 2 aromatic heterocycles. The zero-order chi connectivity index (χ0) is 44.8. The van der Waals surface area contributed by atoms with Gasteiger partial charge in [0.1, 0.15) is 34.7 Å². The quantitative estimate of drug-likeness (QED) is 0.0284. The van der Waals surface area contributed by atoms with Crippen LogP contribution in [0.25, 0.3) is 24.3 Å². The number of hydrogen-bond acceptors (Lipinski definition) is 5. The van der Waals surface area contributed by atoms with Crippen molar-refractivity contribution in [3.8, 4) is 11.5 Å². The normalized spacial score (nSPS) is 11.5. The zero-order valence-corrected chi connectivity index (χ0v) is 39.2. The molecule has 338 valence electrons. The maximum absolute atomic E-state index is 10.4. The molecule has 8 heteroatoms. The van der Waals surface area contributed by atoms with Crippen LogP contribution in [0.4, 0.5) is 0 Å². The van der Waals surface area contributed by atoms with Gasteiger partial charge in [-0.25, -0.2) is 17.6 Å². The Hall–Kier alpha value is -5.05. The Morgan fingerprint density at radius 2 is 0.778 bits per heavy atom. The van der Waals surface area contributed by atoms with Gasteiger partial charge in [-0.2, -0.15) is 0 Å². The molecular formula is C55H73N2O5S+. The molecule has 5 aromatic rings. The summed E-state index contributed by atoms with van der Waals surface area (Å²) in [6.07, 6.45) is 37.8. The van der Waals surface area contributed by atoms with E-state index in [1.54, 1.807) is 12.1 Å². The van der Waals surface area contributed by atoms with Crippen molar-refractivity contribution in [3.05, 3.63) is 150 Å². The minimum Gasteiger partial charge on any atom is -0.744 e. The Bertz CT molecular complexity index is 1990. The summed E-state index contributed by atoms with van der Waals surface area (Å²) in [4.78, 5) is -0.178. The summed E-state index contributed by atoms with van der Waals surface area (Å²) in [7, 11) is -4.27. The highest BCUT2D eigenvalue weighted by atomic mass is 32.2. The molecule has 0 radical (unpaired) electrons. The maximum atomic E-state index is 10.4. The SMILES string of the molecule is CCCCCCCOc1ccc(/C=C\c2cc[n+](CCCCCCCC[n+]3ccc(/C=C\c4ccc(OCCCCCCC)cc4)cc3)cc2)cc1.Cc1ccc(S(=O)(=O)[O-])cc1. The molecule has 63 heavy (non-hydrogen) atoms. The van der Waals surface area contributed by atoms with Gasteiger partial charge in [-0.3, -0.25) is 0 Å². The fourth-order valence-corrected chi connectivity index (χ4v) is 7.45. The molecule has 0 N–H and O–H groups in total. The van der Waals surface area contributed by atoms with Crippen molar-refractivity contribution in [1.82, 2.24) is 0 Å². The van der Waals surface area contributed by atoms with Crippen LogP contribution >= 0.6 is 0 Å². The molecule has 0 aliphatic carbocycles. The van der Waals surface area contributed by atoms with E-state index in [2.05, 4.69) is 145 Å². The minimum absolute atomic E-state index is 0.178. The number of nitrogens with zero attached hydrogens (tertiary/aromatic N) is 2. The fourth-order valence-electron chi connectivity index (χ4n) is 6.99. The smallest absolute Gasteiger partial charge is 0.169 e. The molecule has 7 nitrogen and oxygen atoms in total. The van der Waals surface area contributed by atoms with E-state index in [0.29, 0.717) is 0 Å². The summed E-state index contributed by atoms with van der Waals surface area (Å²) in [6, 6.07) is 31.5. The average molecular weight is 874 g/mol. The first-order valence-electron chi connectivity index (χ1n) is 23.5. The molecule has 0 atom stereocenters. The lowest BCUT2D eigenvalue weighted by Crippen LogP contribution is -2.32. The second-order valence-corrected chi connectivity index (χ2v) is 17.8. The van der Waals surface area contributed by atoms with E-state index < -0.39 is 10.1 Å². The number of rotatable bonds is 28. The van der Waals surface area contributed by atoms with Gasteiger partial charge >= 0.3 is 0 Å². The highest BCUT2D eigenvalue weighted by Gasteiger charge is 2.04. The summed E-state index contributed by atoms with van der Waals surface area (Å²) >= 11 is 0. The highest BCUT2D eigenvalue weighted by molar-refractivity contribution is 7.85. The second kappa shape index (κ2) is 30.1. The minimum atomic E-state index is -4.27. The van der Waals surface area contributed by atoms with Crippen LogP contribution in [0.2, 0.25) is 0 Å². The molecule has 0 aliphatic heterocycles. The van der Waals surface area contributed by atoms with Crippen LogP contribution in [0.3, 0.4) is 0 Å². The van der Waals surface area contributed by atoms with E-state index in [9.17, 15) is 13.0 Å². The number of benzene rings is 3. The van der Waals surface area contributed by atoms with Gasteiger partial charge in [-0.15, -0.1) is 0 Å². The Morgan fingerprint density at radius 3 is 1.14 bits per heavy atom. The topological polar surface area (TPSA) is 83.4 Å². The van der Waals surface area contributed by atoms with E-state index in [1.807, 2.05) is 6.92 Å². The number of unbranched alkanes of at least 4 members (excludes halogenated alkanes) is 13. The van der Waals surface area contributed by atoms with E-state index >= 15 is 0 Å². The van der Waals surface area contributed by atoms with Gasteiger partial charge < -0.3 is 14.0 Å². The van der Waals surface area contributed by atoms with Gasteiger partial charge in [0.05, 0.1) is 18.1 Å². The number of aromatic nitrogens is 2. The molecule has 2 heterocycles. The first-order chi connectivity index (χ1) is 30.7. The average Bonchev–Trinajstić information content (AvgIpc) is 3.30. The zero-order valence-electron chi connectivity index (χ0n) is 38.3. The molecule has 0 unspecified atom stereocenters. The molecule has 5 rings (SSSR count). The van der Waals surface area contributed by atoms with Crippen LogP contribution in [0, 0.1) is 6.92 Å². The van der Waals surface area contributed by atoms with Gasteiger partial charge in [0.25, 0.3) is 0 Å². The van der Waals surface area contributed by atoms with E-state index in [-0.39, 0.29) is 4.90 Å². The van der Waals surface area contributed by atoms with Crippen LogP contribution in [-0.4, -0.2) is 26.2 Å². The van der Waals surface area contributed by atoms with Gasteiger partial charge in [0, 0.05) is 37.1 Å². The number of ether oxygens (including phenoxy) is 2. The van der Waals surface area contributed by atoms with Gasteiger partial charge in [0.2, 0.25) is 0 Å². The second-order valence-electron chi connectivity index (χ2n) is 16.5. The lowest BCUT2D eigenvalue weighted by Gasteiger charge is -2.06. The number of aryl methyl sites for hydroxylation is 3. The molecule has 0 saturated heterocycles. The summed E-state index contributed by atoms with van der Waals surface area (Å²) in [6.45, 7) is 10.1. The molecular weight excluding hydrogens is 801 g/mol. The Balaban J connectivity index is 0.000000688. The standard InChI is InChI=1S/C48H66N2O2.C7H8O3S/c1-3-5-7-13-17-41-51-47-27-23-43(24-28-47)19-21-45-31-37-49(38-32-45)35-15-11-9-10-12-16-36-50-39-33-46(34-40-50)22-20-44-25-29-48(30-26-44)52-42-18-14-8-6-4-2;1-6-2-4-7(5-3-6)11(8,9)10/h19-34,37-40H,3-18,35-36,41-42H2,1-2H3;2-5H,1H3,(H,8,9,10)/q+2;/p-1/b21-19-,22-20-;. The highest BCUT2D eigenvalue weighted by Crippen LogP contribution is 2.17. The first-order valence-corrected chi connectivity index (χ1v) is 25.0. The molecule has 0 amide bonds. The predicted molar refractivity (Wildman–Crippen MR) is 259 cm³/mol. The van der Waals surface area contributed by atoms with E-state index in [0.717, 1.165) is 56.2 Å². The third kappa shape index (κ3) is 22.2. The van der Waals surface area contributed by atoms with Crippen LogP contribution in [0.1, 0.15) is 144 Å². The molecule has 0 bridgehead atoms. The van der Waals surface area contributed by atoms with Crippen LogP contribution in [-0.2, 0) is 23.2 Å². The Morgan fingerprint density at radius 1 is 0.444 bits per heavy atom. The Labute approximate surface area is 380 Å². The van der Waals surface area contributed by atoms with E-state index in [1.165, 1.54) is 124 Å². The fraction of sp³-hybridized carbons (Fsp3) is 0.418. The van der Waals surface area contributed by atoms with Crippen LogP contribution < -0.4 is 18.6 Å². The third-order valence-corrected chi connectivity index (χ3v) is 11.8. The van der Waals surface area contributed by atoms with Crippen molar-refractivity contribution in [1.29, 1.82) is 0 Å². The molecule has 3 aromatic carbocycles. The number of hydrogen-bond donors (Lipinski definition) is 0. The molecule has 0 fully saturated rings. The summed E-state index contributed by atoms with van der Waals surface area (Å²) in [5.41, 5.74) is 5.77. The van der Waals surface area contributed by atoms with Gasteiger partial charge in [-0.05, 0) is 91.3 Å². The Kier molecular flexibility index (Phi) is 24.2. The third-order valence-electron chi connectivity index (χ3n) is 11.0. The summed E-state index contributed by atoms with van der Waals surface area (Å²) in [5, 5.41) is 0. The molecule has 0 saturated carbocycles. The predicted octanol–water partition coefficient (Wildman–Crippen LogP) is 13.2. The summed E-state index contributed by atoms with van der Waals surface area (Å²) < 4.78 is 47.6. The van der Waals surface area contributed by atoms with Crippen molar-refractivity contribution in [2.24, 2.45) is 0 Å². The largest absolute Gasteiger partial charge is 0.744 e. The van der Waals surface area contributed by atoms with Crippen LogP contribution in [0.5, 0.6) is 11.5 Å².